The molecule has 1 fully saturated rings. The number of thiazole rings is 1. The third kappa shape index (κ3) is 4.45. The van der Waals surface area contributed by atoms with Crippen LogP contribution in [0.4, 0.5) is 10.8 Å². The van der Waals surface area contributed by atoms with Crippen molar-refractivity contribution in [3.63, 3.8) is 0 Å². The highest BCUT2D eigenvalue weighted by Gasteiger charge is 2.30. The summed E-state index contributed by atoms with van der Waals surface area (Å²) in [7, 11) is 0. The van der Waals surface area contributed by atoms with E-state index >= 15 is 0 Å². The maximum absolute atomic E-state index is 12.7. The molecule has 150 valence electrons. The molecule has 2 atom stereocenters. The Hall–Kier alpha value is -2.81. The number of nitrogens with zero attached hydrogens (tertiary/aromatic N) is 1. The van der Waals surface area contributed by atoms with Crippen LogP contribution in [0.2, 0.25) is 0 Å². The van der Waals surface area contributed by atoms with Gasteiger partial charge in [0.1, 0.15) is 6.04 Å². The number of carbonyl (C=O) groups is 2. The standard InChI is InChI=1S/C21H23N5O2S/c1-3-13-4-6-14(7-5-13)16-11-18(26-25-16)20(28)23-15-8-9-19-17(10-15)24-21(29-19)22-12(2)27/h4-10,16,18,25-26H,3,11H2,1-2H3,(H,23,28)(H,22,24,27). The van der Waals surface area contributed by atoms with Gasteiger partial charge >= 0.3 is 0 Å². The molecular weight excluding hydrogens is 386 g/mol. The monoisotopic (exact) mass is 409 g/mol. The number of aromatic nitrogens is 1. The van der Waals surface area contributed by atoms with Crippen LogP contribution in [0.1, 0.15) is 37.4 Å². The van der Waals surface area contributed by atoms with Gasteiger partial charge in [0, 0.05) is 18.7 Å². The first-order chi connectivity index (χ1) is 14.0. The number of carbonyl (C=O) groups excluding carboxylic acids is 2. The van der Waals surface area contributed by atoms with Gasteiger partial charge in [0.15, 0.2) is 5.13 Å². The number of hydrazine groups is 1. The van der Waals surface area contributed by atoms with Crippen molar-refractivity contribution < 1.29 is 9.59 Å². The van der Waals surface area contributed by atoms with Crippen molar-refractivity contribution in [2.45, 2.75) is 38.8 Å². The van der Waals surface area contributed by atoms with Crippen molar-refractivity contribution >= 4 is 44.2 Å². The van der Waals surface area contributed by atoms with E-state index < -0.39 is 0 Å². The van der Waals surface area contributed by atoms with Crippen molar-refractivity contribution in [3.8, 4) is 0 Å². The lowest BCUT2D eigenvalue weighted by Gasteiger charge is -2.11. The Morgan fingerprint density at radius 1 is 1.14 bits per heavy atom. The number of hydrogen-bond donors (Lipinski definition) is 4. The fraction of sp³-hybridized carbons (Fsp3) is 0.286. The second-order valence-electron chi connectivity index (χ2n) is 7.10. The van der Waals surface area contributed by atoms with Gasteiger partial charge in [0.25, 0.3) is 0 Å². The molecule has 0 saturated carbocycles. The molecule has 3 aromatic rings. The number of anilines is 2. The minimum atomic E-state index is -0.327. The number of rotatable bonds is 5. The second-order valence-corrected chi connectivity index (χ2v) is 8.13. The maximum atomic E-state index is 12.7. The van der Waals surface area contributed by atoms with E-state index in [-0.39, 0.29) is 23.9 Å². The Balaban J connectivity index is 1.40. The zero-order valence-electron chi connectivity index (χ0n) is 16.3. The number of benzene rings is 2. The highest BCUT2D eigenvalue weighted by molar-refractivity contribution is 7.22. The Bertz CT molecular complexity index is 1050. The average molecular weight is 410 g/mol. The average Bonchev–Trinajstić information content (AvgIpc) is 3.34. The third-order valence-electron chi connectivity index (χ3n) is 4.95. The van der Waals surface area contributed by atoms with Gasteiger partial charge in [0.2, 0.25) is 11.8 Å². The molecule has 7 nitrogen and oxygen atoms in total. The van der Waals surface area contributed by atoms with Crippen molar-refractivity contribution in [1.29, 1.82) is 0 Å². The van der Waals surface area contributed by atoms with Crippen LogP contribution in [0.15, 0.2) is 42.5 Å². The summed E-state index contributed by atoms with van der Waals surface area (Å²) in [6, 6.07) is 13.8. The van der Waals surface area contributed by atoms with Gasteiger partial charge in [-0.25, -0.2) is 15.8 Å². The van der Waals surface area contributed by atoms with Gasteiger partial charge in [-0.05, 0) is 42.2 Å². The SMILES string of the molecule is CCc1ccc(C2CC(C(=O)Nc3ccc4sc(NC(C)=O)nc4c3)NN2)cc1. The van der Waals surface area contributed by atoms with E-state index in [4.69, 9.17) is 0 Å². The molecule has 0 radical (unpaired) electrons. The van der Waals surface area contributed by atoms with Gasteiger partial charge < -0.3 is 10.6 Å². The first-order valence-corrected chi connectivity index (χ1v) is 10.4. The van der Waals surface area contributed by atoms with Crippen LogP contribution in [0.25, 0.3) is 10.2 Å². The lowest BCUT2D eigenvalue weighted by Crippen LogP contribution is -2.39. The fourth-order valence-electron chi connectivity index (χ4n) is 3.37. The number of hydrogen-bond acceptors (Lipinski definition) is 6. The van der Waals surface area contributed by atoms with Crippen LogP contribution in [0, 0.1) is 0 Å². The Morgan fingerprint density at radius 2 is 1.93 bits per heavy atom. The maximum Gasteiger partial charge on any atom is 0.242 e. The molecule has 0 spiro atoms. The minimum absolute atomic E-state index is 0.0953. The van der Waals surface area contributed by atoms with Crippen molar-refractivity contribution in [2.24, 2.45) is 0 Å². The molecule has 0 bridgehead atoms. The summed E-state index contributed by atoms with van der Waals surface area (Å²) in [6.07, 6.45) is 1.68. The third-order valence-corrected chi connectivity index (χ3v) is 5.90. The normalized spacial score (nSPS) is 18.7. The Morgan fingerprint density at radius 3 is 2.66 bits per heavy atom. The summed E-state index contributed by atoms with van der Waals surface area (Å²) in [6.45, 7) is 3.58. The fourth-order valence-corrected chi connectivity index (χ4v) is 4.26. The Kier molecular flexibility index (Phi) is 5.57. The minimum Gasteiger partial charge on any atom is -0.325 e. The molecule has 2 heterocycles. The topological polar surface area (TPSA) is 95.2 Å². The summed E-state index contributed by atoms with van der Waals surface area (Å²) in [4.78, 5) is 28.3. The van der Waals surface area contributed by atoms with E-state index in [0.29, 0.717) is 17.2 Å². The lowest BCUT2D eigenvalue weighted by molar-refractivity contribution is -0.118. The van der Waals surface area contributed by atoms with Crippen LogP contribution in [0.5, 0.6) is 0 Å². The number of aryl methyl sites for hydroxylation is 1. The summed E-state index contributed by atoms with van der Waals surface area (Å²) in [5.41, 5.74) is 10.2. The van der Waals surface area contributed by atoms with Crippen molar-refractivity contribution in [1.82, 2.24) is 15.8 Å². The number of nitrogens with one attached hydrogen (secondary N) is 4. The zero-order chi connectivity index (χ0) is 20.4. The predicted molar refractivity (Wildman–Crippen MR) is 116 cm³/mol. The van der Waals surface area contributed by atoms with Crippen LogP contribution in [0.3, 0.4) is 0 Å². The summed E-state index contributed by atoms with van der Waals surface area (Å²) < 4.78 is 0.947. The van der Waals surface area contributed by atoms with Crippen LogP contribution in [-0.2, 0) is 16.0 Å². The van der Waals surface area contributed by atoms with Crippen LogP contribution in [-0.4, -0.2) is 22.8 Å². The summed E-state index contributed by atoms with van der Waals surface area (Å²) in [5.74, 6) is -0.252. The van der Waals surface area contributed by atoms with Gasteiger partial charge in [-0.15, -0.1) is 0 Å². The largest absolute Gasteiger partial charge is 0.325 e. The molecular formula is C21H23N5O2S. The number of fused-ring (bicyclic) bond motifs is 1. The van der Waals surface area contributed by atoms with Gasteiger partial charge in [-0.2, -0.15) is 0 Å². The van der Waals surface area contributed by atoms with E-state index in [1.54, 1.807) is 0 Å². The molecule has 2 amide bonds. The molecule has 1 aliphatic heterocycles. The van der Waals surface area contributed by atoms with E-state index in [1.165, 1.54) is 29.4 Å². The van der Waals surface area contributed by atoms with E-state index in [1.807, 2.05) is 18.2 Å². The lowest BCUT2D eigenvalue weighted by atomic mass is 10.00. The predicted octanol–water partition coefficient (Wildman–Crippen LogP) is 3.36. The molecule has 2 unspecified atom stereocenters. The highest BCUT2D eigenvalue weighted by Crippen LogP contribution is 2.29. The molecule has 8 heteroatoms. The van der Waals surface area contributed by atoms with Gasteiger partial charge in [-0.3, -0.25) is 9.59 Å². The van der Waals surface area contributed by atoms with E-state index in [9.17, 15) is 9.59 Å². The molecule has 2 aromatic carbocycles. The van der Waals surface area contributed by atoms with Crippen molar-refractivity contribution in [3.05, 3.63) is 53.6 Å². The molecule has 1 aromatic heterocycles. The Labute approximate surface area is 172 Å². The first kappa shape index (κ1) is 19.5. The van der Waals surface area contributed by atoms with E-state index in [2.05, 4.69) is 57.7 Å². The summed E-state index contributed by atoms with van der Waals surface area (Å²) >= 11 is 1.40. The second kappa shape index (κ2) is 8.28. The quantitative estimate of drug-likeness (QED) is 0.518. The highest BCUT2D eigenvalue weighted by atomic mass is 32.1. The first-order valence-electron chi connectivity index (χ1n) is 9.60. The van der Waals surface area contributed by atoms with Gasteiger partial charge in [-0.1, -0.05) is 42.5 Å². The molecule has 1 aliphatic rings. The van der Waals surface area contributed by atoms with Crippen LogP contribution < -0.4 is 21.5 Å². The smallest absolute Gasteiger partial charge is 0.242 e. The van der Waals surface area contributed by atoms with Crippen molar-refractivity contribution in [2.75, 3.05) is 10.6 Å². The molecule has 1 saturated heterocycles. The van der Waals surface area contributed by atoms with E-state index in [0.717, 1.165) is 16.6 Å². The van der Waals surface area contributed by atoms with Crippen LogP contribution >= 0.6 is 11.3 Å². The van der Waals surface area contributed by atoms with Gasteiger partial charge in [0.05, 0.1) is 10.2 Å². The zero-order valence-corrected chi connectivity index (χ0v) is 17.1. The molecule has 0 aliphatic carbocycles. The molecule has 29 heavy (non-hydrogen) atoms. The summed E-state index contributed by atoms with van der Waals surface area (Å²) in [5, 5.41) is 6.19. The molecule has 4 rings (SSSR count). The molecule has 4 N–H and O–H groups in total. The number of amides is 2.